The molecule has 4 nitrogen and oxygen atoms in total. The van der Waals surface area contributed by atoms with Gasteiger partial charge in [-0.1, -0.05) is 165 Å². The highest BCUT2D eigenvalue weighted by Gasteiger charge is 2.50. The number of alkyl halides is 1. The largest absolute Gasteiger partial charge is 0.381 e. The monoisotopic (exact) mass is 905 g/mol. The van der Waals surface area contributed by atoms with E-state index in [0.29, 0.717) is 59.7 Å². The summed E-state index contributed by atoms with van der Waals surface area (Å²) in [5, 5.41) is 0. The Morgan fingerprint density at radius 2 is 0.823 bits per heavy atom. The van der Waals surface area contributed by atoms with Crippen LogP contribution in [0, 0.1) is 72.9 Å². The smallest absolute Gasteiger partial charge is 0.302 e. The zero-order valence-electron chi connectivity index (χ0n) is 45.5. The number of ether oxygens (including phenoxy) is 2. The van der Waals surface area contributed by atoms with Crippen molar-refractivity contribution in [3.05, 3.63) is 0 Å². The first kappa shape index (κ1) is 61.7. The molecule has 0 saturated heterocycles. The summed E-state index contributed by atoms with van der Waals surface area (Å²) in [6.07, 6.45) is 14.7. The van der Waals surface area contributed by atoms with Crippen LogP contribution in [0.4, 0.5) is 8.28 Å². The highest BCUT2D eigenvalue weighted by Crippen LogP contribution is 2.58. The van der Waals surface area contributed by atoms with Crippen LogP contribution in [0.15, 0.2) is 0 Å². The Labute approximate surface area is 388 Å². The average Bonchev–Trinajstić information content (AvgIpc) is 3.08. The Balaban J connectivity index is 5.90. The van der Waals surface area contributed by atoms with Crippen LogP contribution in [-0.2, 0) is 19.7 Å². The average molecular weight is 906 g/mol. The normalized spacial score (nSPS) is 17.0. The van der Waals surface area contributed by atoms with E-state index in [4.69, 9.17) is 9.47 Å². The number of unbranched alkanes of at least 4 members (excludes halogenated alkanes) is 3. The van der Waals surface area contributed by atoms with Gasteiger partial charge < -0.3 is 9.47 Å². The molecule has 0 radical (unpaired) electrons. The lowest BCUT2D eigenvalue weighted by atomic mass is 9.50. The van der Waals surface area contributed by atoms with Crippen LogP contribution < -0.4 is 0 Å². The summed E-state index contributed by atoms with van der Waals surface area (Å²) in [6.45, 7) is 52.7. The van der Waals surface area contributed by atoms with E-state index in [1.54, 1.807) is 0 Å². The molecule has 5 unspecified atom stereocenters. The molecule has 0 bridgehead atoms. The SMILES string of the molecule is CC(CCCS(=O)(=O)F)C(CCCCOCCCC(C(CCCF)C(CCCOCCCCCC(C)(C)C(C)(C)C)C(C)(C)C(C)(C)C)C(C)(C)C(C)(C)C)C(C)(C)C(C)(C)C. The van der Waals surface area contributed by atoms with E-state index in [9.17, 15) is 16.7 Å². The molecule has 374 valence electrons. The second-order valence-corrected chi connectivity index (χ2v) is 28.0. The van der Waals surface area contributed by atoms with E-state index in [1.807, 2.05) is 0 Å². The van der Waals surface area contributed by atoms with Gasteiger partial charge in [0.1, 0.15) is 0 Å². The van der Waals surface area contributed by atoms with Gasteiger partial charge >= 0.3 is 10.2 Å². The number of halogens is 2. The minimum Gasteiger partial charge on any atom is -0.381 e. The molecule has 0 saturated carbocycles. The minimum absolute atomic E-state index is 0.0260. The van der Waals surface area contributed by atoms with Crippen molar-refractivity contribution in [2.24, 2.45) is 72.9 Å². The van der Waals surface area contributed by atoms with E-state index in [1.165, 1.54) is 19.3 Å². The van der Waals surface area contributed by atoms with Gasteiger partial charge in [-0.25, -0.2) is 0 Å². The molecule has 0 N–H and O–H groups in total. The van der Waals surface area contributed by atoms with Crippen molar-refractivity contribution in [1.29, 1.82) is 0 Å². The fourth-order valence-corrected chi connectivity index (χ4v) is 10.4. The van der Waals surface area contributed by atoms with Crippen molar-refractivity contribution < 1.29 is 26.2 Å². The van der Waals surface area contributed by atoms with E-state index >= 15 is 0 Å². The fourth-order valence-electron chi connectivity index (χ4n) is 9.93. The Morgan fingerprint density at radius 3 is 1.21 bits per heavy atom. The maximum Gasteiger partial charge on any atom is 0.302 e. The van der Waals surface area contributed by atoms with Gasteiger partial charge in [0.25, 0.3) is 0 Å². The lowest BCUT2D eigenvalue weighted by Gasteiger charge is -2.55. The number of rotatable bonds is 32. The van der Waals surface area contributed by atoms with Gasteiger partial charge in [-0.3, -0.25) is 4.39 Å². The molecule has 0 aromatic heterocycles. The summed E-state index contributed by atoms with van der Waals surface area (Å²) in [7, 11) is -4.44. The molecule has 0 aromatic carbocycles. The predicted molar refractivity (Wildman–Crippen MR) is 268 cm³/mol. The van der Waals surface area contributed by atoms with Crippen molar-refractivity contribution in [2.45, 2.75) is 242 Å². The predicted octanol–water partition coefficient (Wildman–Crippen LogP) is 17.5. The third kappa shape index (κ3) is 20.3. The highest BCUT2D eigenvalue weighted by molar-refractivity contribution is 7.86. The van der Waals surface area contributed by atoms with Gasteiger partial charge in [-0.15, -0.1) is 3.89 Å². The summed E-state index contributed by atoms with van der Waals surface area (Å²) >= 11 is 0. The van der Waals surface area contributed by atoms with E-state index in [0.717, 1.165) is 84.2 Å². The molecule has 0 amide bonds. The molecule has 0 aliphatic heterocycles. The molecule has 62 heavy (non-hydrogen) atoms. The molecule has 0 aliphatic rings. The number of hydrogen-bond donors (Lipinski definition) is 0. The van der Waals surface area contributed by atoms with Crippen LogP contribution in [0.1, 0.15) is 242 Å². The fraction of sp³-hybridized carbons (Fsp3) is 1.00. The van der Waals surface area contributed by atoms with Crippen molar-refractivity contribution in [1.82, 2.24) is 0 Å². The molecule has 0 fully saturated rings. The van der Waals surface area contributed by atoms with Crippen LogP contribution in [-0.4, -0.2) is 47.3 Å². The van der Waals surface area contributed by atoms with Gasteiger partial charge in [0.05, 0.1) is 12.4 Å². The molecule has 0 aromatic rings. The first-order valence-electron chi connectivity index (χ1n) is 25.5. The van der Waals surface area contributed by atoms with Crippen molar-refractivity contribution in [2.75, 3.05) is 38.9 Å². The molecular weight excluding hydrogens is 795 g/mol. The lowest BCUT2D eigenvalue weighted by Crippen LogP contribution is -2.48. The Hall–Kier alpha value is -0.270. The van der Waals surface area contributed by atoms with Crippen LogP contribution in [0.2, 0.25) is 0 Å². The Kier molecular flexibility index (Phi) is 25.6. The Morgan fingerprint density at radius 1 is 0.435 bits per heavy atom. The summed E-state index contributed by atoms with van der Waals surface area (Å²) in [4.78, 5) is 0. The van der Waals surface area contributed by atoms with Gasteiger partial charge in [0, 0.05) is 26.4 Å². The minimum atomic E-state index is -4.44. The molecule has 7 heteroatoms. The second kappa shape index (κ2) is 25.7. The maximum atomic E-state index is 14.2. The number of hydrogen-bond acceptors (Lipinski definition) is 4. The molecule has 5 atom stereocenters. The van der Waals surface area contributed by atoms with E-state index < -0.39 is 10.2 Å². The van der Waals surface area contributed by atoms with Gasteiger partial charge in [0.2, 0.25) is 0 Å². The topological polar surface area (TPSA) is 52.6 Å². The quantitative estimate of drug-likeness (QED) is 0.0498. The van der Waals surface area contributed by atoms with Crippen LogP contribution in [0.5, 0.6) is 0 Å². The van der Waals surface area contributed by atoms with Crippen molar-refractivity contribution >= 4 is 10.2 Å². The van der Waals surface area contributed by atoms with E-state index in [-0.39, 0.29) is 44.9 Å². The van der Waals surface area contributed by atoms with E-state index in [2.05, 4.69) is 145 Å². The molecular formula is C55H110F2O4S. The highest BCUT2D eigenvalue weighted by atomic mass is 32.3. The van der Waals surface area contributed by atoms with Crippen LogP contribution >= 0.6 is 0 Å². The van der Waals surface area contributed by atoms with Crippen LogP contribution in [0.3, 0.4) is 0 Å². The summed E-state index contributed by atoms with van der Waals surface area (Å²) in [6, 6.07) is 0. The zero-order valence-corrected chi connectivity index (χ0v) is 46.3. The summed E-state index contributed by atoms with van der Waals surface area (Å²) in [5.74, 6) is 1.53. The van der Waals surface area contributed by atoms with Gasteiger partial charge in [-0.05, 0) is 150 Å². The third-order valence-electron chi connectivity index (χ3n) is 18.3. The summed E-state index contributed by atoms with van der Waals surface area (Å²) < 4.78 is 62.6. The van der Waals surface area contributed by atoms with Crippen molar-refractivity contribution in [3.63, 3.8) is 0 Å². The first-order chi connectivity index (χ1) is 27.9. The van der Waals surface area contributed by atoms with Gasteiger partial charge in [0.15, 0.2) is 0 Å². The third-order valence-corrected chi connectivity index (χ3v) is 19.1. The molecule has 0 aliphatic carbocycles. The lowest BCUT2D eigenvalue weighted by molar-refractivity contribution is -0.0679. The first-order valence-corrected chi connectivity index (χ1v) is 27.1. The molecule has 0 rings (SSSR count). The maximum absolute atomic E-state index is 14.2. The summed E-state index contributed by atoms with van der Waals surface area (Å²) in [5.41, 5.74) is 0.976. The molecule has 0 spiro atoms. The van der Waals surface area contributed by atoms with Crippen LogP contribution in [0.25, 0.3) is 0 Å². The molecule has 0 heterocycles. The standard InChI is InChI=1S/C55H110F2O4S/c1-43(31-30-42-62(57,58)59)45(53(16,17)49(5,6)7)33-23-26-39-61-41-29-35-47(55(20,21)51(11,12)13)44(32-27-37-56)46(54(18,19)50(8,9)10)34-28-40-60-38-25-22-24-36-52(14,15)48(2,3)4/h43-47H,22-42H2,1-21H3. The van der Waals surface area contributed by atoms with Gasteiger partial charge in [-0.2, -0.15) is 8.42 Å². The Bertz CT molecular complexity index is 1310. The zero-order chi connectivity index (χ0) is 48.7. The second-order valence-electron chi connectivity index (χ2n) is 26.5. The van der Waals surface area contributed by atoms with Crippen molar-refractivity contribution in [3.8, 4) is 0 Å².